The molecule has 0 spiro atoms. The number of hydrogen-bond acceptors (Lipinski definition) is 11. The molecule has 0 radical (unpaired) electrons. The molecule has 0 bridgehead atoms. The minimum Gasteiger partial charge on any atom is -0.481 e. The summed E-state index contributed by atoms with van der Waals surface area (Å²) in [5, 5.41) is 65.3. The third kappa shape index (κ3) is 12.7. The average molecular weight is 742 g/mol. The summed E-state index contributed by atoms with van der Waals surface area (Å²) in [5.74, 6) is -1.28. The van der Waals surface area contributed by atoms with Crippen LogP contribution in [0.25, 0.3) is 0 Å². The molecule has 1 saturated carbocycles. The van der Waals surface area contributed by atoms with E-state index < -0.39 is 54.3 Å². The lowest BCUT2D eigenvalue weighted by Crippen LogP contribution is -2.48. The molecule has 1 fully saturated rings. The number of nitrogens with one attached hydrogen (secondary N) is 2. The van der Waals surface area contributed by atoms with E-state index in [0.717, 1.165) is 48.9 Å². The molecule has 15 nitrogen and oxygen atoms in total. The maximum Gasteiger partial charge on any atom is 0.345 e. The Morgan fingerprint density at radius 2 is 1.58 bits per heavy atom. The summed E-state index contributed by atoms with van der Waals surface area (Å²) in [6.07, 6.45) is -0.110. The summed E-state index contributed by atoms with van der Waals surface area (Å²) in [5.41, 5.74) is 2.86. The van der Waals surface area contributed by atoms with Crippen molar-refractivity contribution >= 4 is 40.8 Å². The van der Waals surface area contributed by atoms with Crippen molar-refractivity contribution in [2.75, 3.05) is 43.5 Å². The second-order valence-corrected chi connectivity index (χ2v) is 14.4. The molecule has 1 aliphatic carbocycles. The van der Waals surface area contributed by atoms with E-state index in [2.05, 4.69) is 10.6 Å². The Hall–Kier alpha value is -4.25. The molecule has 2 aromatic rings. The van der Waals surface area contributed by atoms with Crippen molar-refractivity contribution in [1.82, 2.24) is 10.3 Å². The van der Waals surface area contributed by atoms with Crippen LogP contribution in [0.4, 0.5) is 16.2 Å². The molecular formula is C38H55N5O10. The van der Waals surface area contributed by atoms with Crippen LogP contribution < -0.4 is 15.5 Å². The number of anilines is 2. The number of aliphatic carboxylic acids is 1. The summed E-state index contributed by atoms with van der Waals surface area (Å²) in [6, 6.07) is 14.0. The number of carboxylic acids is 1. The molecule has 1 heterocycles. The van der Waals surface area contributed by atoms with Gasteiger partial charge in [0.1, 0.15) is 24.9 Å². The molecule has 0 unspecified atom stereocenters. The molecule has 2 aromatic carbocycles. The van der Waals surface area contributed by atoms with E-state index in [4.69, 9.17) is 30.6 Å². The number of amides is 3. The molecule has 0 saturated heterocycles. The van der Waals surface area contributed by atoms with Gasteiger partial charge in [-0.2, -0.15) is 5.10 Å². The third-order valence-corrected chi connectivity index (χ3v) is 9.15. The van der Waals surface area contributed by atoms with Crippen molar-refractivity contribution in [2.24, 2.45) is 16.4 Å². The van der Waals surface area contributed by atoms with E-state index >= 15 is 0 Å². The van der Waals surface area contributed by atoms with Gasteiger partial charge in [0, 0.05) is 35.5 Å². The van der Waals surface area contributed by atoms with Gasteiger partial charge in [-0.15, -0.1) is 0 Å². The van der Waals surface area contributed by atoms with Crippen molar-refractivity contribution < 1.29 is 49.8 Å². The predicted octanol–water partition coefficient (Wildman–Crippen LogP) is 2.13. The lowest BCUT2D eigenvalue weighted by molar-refractivity contribution is -0.137. The minimum absolute atomic E-state index is 0.0119. The molecule has 0 aromatic heterocycles. The lowest BCUT2D eigenvalue weighted by Gasteiger charge is -2.28. The first kappa shape index (κ1) is 43.2. The fourth-order valence-corrected chi connectivity index (χ4v) is 5.99. The predicted molar refractivity (Wildman–Crippen MR) is 200 cm³/mol. The number of carbonyl (C=O) groups is 4. The molecule has 1 aliphatic heterocycles. The van der Waals surface area contributed by atoms with Gasteiger partial charge in [-0.05, 0) is 50.1 Å². The van der Waals surface area contributed by atoms with Gasteiger partial charge in [-0.1, -0.05) is 70.4 Å². The highest BCUT2D eigenvalue weighted by Crippen LogP contribution is 2.34. The summed E-state index contributed by atoms with van der Waals surface area (Å²) in [6.45, 7) is 4.44. The molecule has 53 heavy (non-hydrogen) atoms. The number of carbonyl (C=O) groups excluding carboxylic acids is 3. The van der Waals surface area contributed by atoms with Gasteiger partial charge < -0.3 is 41.3 Å². The van der Waals surface area contributed by atoms with Crippen molar-refractivity contribution in [1.29, 1.82) is 0 Å². The van der Waals surface area contributed by atoms with Crippen LogP contribution in [-0.4, -0.2) is 123 Å². The van der Waals surface area contributed by atoms with Crippen molar-refractivity contribution in [3.8, 4) is 0 Å². The smallest absolute Gasteiger partial charge is 0.345 e. The van der Waals surface area contributed by atoms with Gasteiger partial charge in [0.2, 0.25) is 5.91 Å². The zero-order chi connectivity index (χ0) is 39.3. The highest BCUT2D eigenvalue weighted by atomic mass is 16.4. The Balaban J connectivity index is 0.000000496. The maximum atomic E-state index is 13.9. The van der Waals surface area contributed by atoms with Crippen molar-refractivity contribution in [2.45, 2.75) is 90.1 Å². The van der Waals surface area contributed by atoms with Gasteiger partial charge in [-0.25, -0.2) is 9.80 Å². The molecular weight excluding hydrogens is 686 g/mol. The summed E-state index contributed by atoms with van der Waals surface area (Å²) in [7, 11) is 1.57. The van der Waals surface area contributed by atoms with Crippen LogP contribution in [0.2, 0.25) is 0 Å². The highest BCUT2D eigenvalue weighted by Gasteiger charge is 2.36. The van der Waals surface area contributed by atoms with E-state index in [-0.39, 0.29) is 37.8 Å². The fraction of sp³-hybridized carbons (Fsp3) is 0.553. The van der Waals surface area contributed by atoms with Crippen LogP contribution in [0.3, 0.4) is 0 Å². The average Bonchev–Trinajstić information content (AvgIpc) is 3.24. The van der Waals surface area contributed by atoms with E-state index in [1.807, 2.05) is 45.0 Å². The van der Waals surface area contributed by atoms with Crippen LogP contribution >= 0.6 is 0 Å². The number of rotatable bonds is 15. The second-order valence-electron chi connectivity index (χ2n) is 14.4. The first-order valence-corrected chi connectivity index (χ1v) is 18.0. The number of hydrazone groups is 1. The number of Topliss-reactive ketones (excluding diaryl/α,β-unsaturated/α-hetero) is 1. The van der Waals surface area contributed by atoms with E-state index in [9.17, 15) is 24.3 Å². The van der Waals surface area contributed by atoms with E-state index in [0.29, 0.717) is 17.8 Å². The first-order chi connectivity index (χ1) is 25.1. The quantitative estimate of drug-likeness (QED) is 0.132. The van der Waals surface area contributed by atoms with Gasteiger partial charge in [-0.3, -0.25) is 19.3 Å². The first-order valence-electron chi connectivity index (χ1n) is 18.0. The number of fused-ring (bicyclic) bond motifs is 1. The third-order valence-electron chi connectivity index (χ3n) is 9.15. The standard InChI is InChI=1S/C31H38N4O5.C7H17NO5/c1-31(2,3)26(36)19-34-25-15-8-7-14-24(25)29(22-11-5-4-6-12-22)33-35(30(34)40)20-27(37)32-23-13-9-10-21(18-23)16-17-28(38)39;1-8-2-4(10)6(12)7(13)5(11)3-9/h7-10,13-15,18,22H,4-6,11-12,16-17,19-20H2,1-3H3,(H,32,37)(H,38,39);4-13H,2-3H2,1H3/t;4-,5+,6+,7+/m.0/s1. The molecule has 292 valence electrons. The molecule has 2 aliphatic rings. The maximum absolute atomic E-state index is 13.9. The molecule has 8 N–H and O–H groups in total. The zero-order valence-corrected chi connectivity index (χ0v) is 30.9. The van der Waals surface area contributed by atoms with Crippen LogP contribution in [0.1, 0.15) is 70.4 Å². The number of para-hydroxylation sites is 1. The Morgan fingerprint density at radius 3 is 2.21 bits per heavy atom. The largest absolute Gasteiger partial charge is 0.481 e. The fourth-order valence-electron chi connectivity index (χ4n) is 5.99. The summed E-state index contributed by atoms with van der Waals surface area (Å²) < 4.78 is 0. The Kier molecular flexibility index (Phi) is 16.5. The number of aliphatic hydroxyl groups is 5. The van der Waals surface area contributed by atoms with Crippen molar-refractivity contribution in [3.05, 3.63) is 59.7 Å². The van der Waals surface area contributed by atoms with E-state index in [1.54, 1.807) is 31.3 Å². The molecule has 4 rings (SSSR count). The number of benzene rings is 2. The topological polar surface area (TPSA) is 233 Å². The number of likely N-dealkylation sites (N-methyl/N-ethyl adjacent to an activating group) is 1. The molecule has 15 heteroatoms. The van der Waals surface area contributed by atoms with Gasteiger partial charge in [0.15, 0.2) is 5.78 Å². The number of urea groups is 1. The highest BCUT2D eigenvalue weighted by molar-refractivity contribution is 6.13. The summed E-state index contributed by atoms with van der Waals surface area (Å²) in [4.78, 5) is 52.7. The zero-order valence-electron chi connectivity index (χ0n) is 30.9. The van der Waals surface area contributed by atoms with Crippen LogP contribution in [0.15, 0.2) is 53.6 Å². The summed E-state index contributed by atoms with van der Waals surface area (Å²) >= 11 is 0. The Labute approximate surface area is 310 Å². The van der Waals surface area contributed by atoms with Crippen molar-refractivity contribution in [3.63, 3.8) is 0 Å². The number of ketones is 1. The number of aliphatic hydroxyl groups excluding tert-OH is 5. The number of aryl methyl sites for hydroxylation is 1. The number of nitrogens with zero attached hydrogens (tertiary/aromatic N) is 3. The Bertz CT molecular complexity index is 1570. The van der Waals surface area contributed by atoms with Crippen LogP contribution in [0.5, 0.6) is 0 Å². The van der Waals surface area contributed by atoms with Gasteiger partial charge >= 0.3 is 12.0 Å². The molecule has 3 amide bonds. The monoisotopic (exact) mass is 741 g/mol. The van der Waals surface area contributed by atoms with Gasteiger partial charge in [0.05, 0.1) is 30.7 Å². The number of carboxylic acid groups (broad SMARTS) is 1. The normalized spacial score (nSPS) is 17.3. The van der Waals surface area contributed by atoms with Crippen LogP contribution in [0, 0.1) is 11.3 Å². The van der Waals surface area contributed by atoms with Gasteiger partial charge in [0.25, 0.3) is 0 Å². The lowest BCUT2D eigenvalue weighted by atomic mass is 9.83. The second kappa shape index (κ2) is 20.3. The minimum atomic E-state index is -1.55. The Morgan fingerprint density at radius 1 is 0.925 bits per heavy atom. The SMILES string of the molecule is CC(C)(C)C(=O)CN1C(=O)N(CC(=O)Nc2cccc(CCC(=O)O)c2)N=C(C2CCCCC2)c2ccccc21.CNC[C@H](O)[C@@H](O)[C@H](O)[C@H](O)CO. The molecule has 4 atom stereocenters. The van der Waals surface area contributed by atoms with Crippen LogP contribution in [-0.2, 0) is 20.8 Å². The number of hydrogen-bond donors (Lipinski definition) is 8. The van der Waals surface area contributed by atoms with E-state index in [1.165, 1.54) is 9.91 Å².